The molecule has 1 saturated heterocycles. The topological polar surface area (TPSA) is 54.5 Å². The summed E-state index contributed by atoms with van der Waals surface area (Å²) in [7, 11) is -3.26. The van der Waals surface area contributed by atoms with Crippen LogP contribution in [0.1, 0.15) is 39.2 Å². The van der Waals surface area contributed by atoms with E-state index in [0.29, 0.717) is 29.4 Å². The highest BCUT2D eigenvalue weighted by atomic mass is 35.5. The van der Waals surface area contributed by atoms with Crippen LogP contribution in [0.2, 0.25) is 10.0 Å². The standard InChI is InChI=1S/C17H23Cl2NO3S/c1-17(2,3)24(22,23)12-9-10-20(11-12)16(21)8-7-13-14(18)5-4-6-15(13)19/h4-6,12H,7-11H2,1-3H3/t12-/m0/s1. The molecule has 0 spiro atoms. The summed E-state index contributed by atoms with van der Waals surface area (Å²) in [6.45, 7) is 5.86. The summed E-state index contributed by atoms with van der Waals surface area (Å²) >= 11 is 12.2. The van der Waals surface area contributed by atoms with Crippen LogP contribution in [0.5, 0.6) is 0 Å². The fourth-order valence-corrected chi connectivity index (χ4v) is 5.25. The third kappa shape index (κ3) is 4.06. The van der Waals surface area contributed by atoms with Crippen molar-refractivity contribution in [2.45, 2.75) is 50.0 Å². The molecule has 2 rings (SSSR count). The average Bonchev–Trinajstić information content (AvgIpc) is 2.95. The first kappa shape index (κ1) is 19.5. The molecule has 24 heavy (non-hydrogen) atoms. The number of hydrogen-bond acceptors (Lipinski definition) is 3. The molecule has 1 aromatic rings. The Morgan fingerprint density at radius 2 is 1.83 bits per heavy atom. The van der Waals surface area contributed by atoms with Crippen molar-refractivity contribution in [3.05, 3.63) is 33.8 Å². The third-order valence-corrected chi connectivity index (χ3v) is 8.12. The summed E-state index contributed by atoms with van der Waals surface area (Å²) in [5.74, 6) is -0.0578. The first-order valence-corrected chi connectivity index (χ1v) is 10.3. The normalized spacial score (nSPS) is 18.9. The van der Waals surface area contributed by atoms with E-state index in [2.05, 4.69) is 0 Å². The van der Waals surface area contributed by atoms with Gasteiger partial charge in [0.15, 0.2) is 9.84 Å². The maximum absolute atomic E-state index is 12.5. The number of halogens is 2. The van der Waals surface area contributed by atoms with E-state index >= 15 is 0 Å². The monoisotopic (exact) mass is 391 g/mol. The molecule has 1 fully saturated rings. The van der Waals surface area contributed by atoms with E-state index < -0.39 is 19.8 Å². The molecule has 0 saturated carbocycles. The Morgan fingerprint density at radius 1 is 1.25 bits per heavy atom. The molecule has 0 aromatic heterocycles. The van der Waals surface area contributed by atoms with E-state index in [-0.39, 0.29) is 18.9 Å². The highest BCUT2D eigenvalue weighted by Crippen LogP contribution is 2.29. The molecule has 7 heteroatoms. The molecule has 1 atom stereocenters. The molecule has 1 aliphatic heterocycles. The Morgan fingerprint density at radius 3 is 2.38 bits per heavy atom. The van der Waals surface area contributed by atoms with Gasteiger partial charge in [-0.05, 0) is 51.3 Å². The van der Waals surface area contributed by atoms with Gasteiger partial charge in [-0.3, -0.25) is 4.79 Å². The summed E-state index contributed by atoms with van der Waals surface area (Å²) in [5, 5.41) is 0.611. The predicted molar refractivity (Wildman–Crippen MR) is 98.4 cm³/mol. The molecule has 0 unspecified atom stereocenters. The molecule has 1 amide bonds. The number of nitrogens with zero attached hydrogens (tertiary/aromatic N) is 1. The van der Waals surface area contributed by atoms with Gasteiger partial charge in [-0.1, -0.05) is 29.3 Å². The SMILES string of the molecule is CC(C)(C)S(=O)(=O)[C@H]1CCN(C(=O)CCc2c(Cl)cccc2Cl)C1. The molecule has 4 nitrogen and oxygen atoms in total. The lowest BCUT2D eigenvalue weighted by molar-refractivity contribution is -0.130. The maximum Gasteiger partial charge on any atom is 0.222 e. The van der Waals surface area contributed by atoms with Gasteiger partial charge in [-0.15, -0.1) is 0 Å². The highest BCUT2D eigenvalue weighted by molar-refractivity contribution is 7.93. The fourth-order valence-electron chi connectivity index (χ4n) is 2.87. The molecular formula is C17H23Cl2NO3S. The predicted octanol–water partition coefficient (Wildman–Crippen LogP) is 3.74. The van der Waals surface area contributed by atoms with Crippen LogP contribution >= 0.6 is 23.2 Å². The van der Waals surface area contributed by atoms with Gasteiger partial charge < -0.3 is 4.90 Å². The van der Waals surface area contributed by atoms with Crippen molar-refractivity contribution in [3.63, 3.8) is 0 Å². The number of benzene rings is 1. The summed E-state index contributed by atoms with van der Waals surface area (Å²) in [6.07, 6.45) is 1.22. The molecule has 0 radical (unpaired) electrons. The molecule has 1 aliphatic rings. The van der Waals surface area contributed by atoms with E-state index in [9.17, 15) is 13.2 Å². The summed E-state index contributed by atoms with van der Waals surface area (Å²) in [6, 6.07) is 5.25. The van der Waals surface area contributed by atoms with Crippen LogP contribution in [0.3, 0.4) is 0 Å². The van der Waals surface area contributed by atoms with Gasteiger partial charge >= 0.3 is 0 Å². The van der Waals surface area contributed by atoms with E-state index in [0.717, 1.165) is 5.56 Å². The van der Waals surface area contributed by atoms with Crippen LogP contribution in [0.15, 0.2) is 18.2 Å². The maximum atomic E-state index is 12.5. The summed E-state index contributed by atoms with van der Waals surface area (Å²) < 4.78 is 24.2. The van der Waals surface area contributed by atoms with Gasteiger partial charge in [0.05, 0.1) is 10.00 Å². The number of rotatable bonds is 4. The van der Waals surface area contributed by atoms with Crippen LogP contribution in [0.4, 0.5) is 0 Å². The van der Waals surface area contributed by atoms with Gasteiger partial charge in [-0.2, -0.15) is 0 Å². The van der Waals surface area contributed by atoms with Gasteiger partial charge in [0.25, 0.3) is 0 Å². The van der Waals surface area contributed by atoms with Crippen molar-refractivity contribution in [1.29, 1.82) is 0 Å². The van der Waals surface area contributed by atoms with Crippen LogP contribution in [0.25, 0.3) is 0 Å². The average molecular weight is 392 g/mol. The van der Waals surface area contributed by atoms with Gasteiger partial charge in [-0.25, -0.2) is 8.42 Å². The minimum atomic E-state index is -3.26. The quantitative estimate of drug-likeness (QED) is 0.785. The Labute approximate surface area is 154 Å². The molecule has 0 bridgehead atoms. The van der Waals surface area contributed by atoms with Crippen molar-refractivity contribution >= 4 is 38.9 Å². The number of amides is 1. The molecule has 1 heterocycles. The van der Waals surface area contributed by atoms with E-state index in [1.807, 2.05) is 0 Å². The minimum Gasteiger partial charge on any atom is -0.341 e. The largest absolute Gasteiger partial charge is 0.341 e. The zero-order chi connectivity index (χ0) is 18.1. The van der Waals surface area contributed by atoms with Crippen molar-refractivity contribution < 1.29 is 13.2 Å². The first-order chi connectivity index (χ1) is 11.0. The van der Waals surface area contributed by atoms with Crippen LogP contribution in [-0.4, -0.2) is 42.3 Å². The second kappa shape index (κ2) is 7.22. The van der Waals surface area contributed by atoms with Crippen molar-refractivity contribution in [2.75, 3.05) is 13.1 Å². The molecular weight excluding hydrogens is 369 g/mol. The van der Waals surface area contributed by atoms with Gasteiger partial charge in [0.2, 0.25) is 5.91 Å². The Balaban J connectivity index is 1.98. The van der Waals surface area contributed by atoms with E-state index in [1.165, 1.54) is 0 Å². The summed E-state index contributed by atoms with van der Waals surface area (Å²) in [5.41, 5.74) is 0.757. The smallest absolute Gasteiger partial charge is 0.222 e. The van der Waals surface area contributed by atoms with E-state index in [1.54, 1.807) is 43.9 Å². The first-order valence-electron chi connectivity index (χ1n) is 7.98. The van der Waals surface area contributed by atoms with E-state index in [4.69, 9.17) is 23.2 Å². The minimum absolute atomic E-state index is 0.0578. The zero-order valence-electron chi connectivity index (χ0n) is 14.2. The lowest BCUT2D eigenvalue weighted by Crippen LogP contribution is -2.39. The summed E-state index contributed by atoms with van der Waals surface area (Å²) in [4.78, 5) is 14.0. The number of hydrogen-bond donors (Lipinski definition) is 0. The third-order valence-electron chi connectivity index (χ3n) is 4.44. The van der Waals surface area contributed by atoms with Crippen molar-refractivity contribution in [3.8, 4) is 0 Å². The number of carbonyl (C=O) groups excluding carboxylic acids is 1. The molecule has 1 aromatic carbocycles. The van der Waals surface area contributed by atoms with Crippen LogP contribution < -0.4 is 0 Å². The van der Waals surface area contributed by atoms with Crippen LogP contribution in [0, 0.1) is 0 Å². The molecule has 0 aliphatic carbocycles. The number of carbonyl (C=O) groups is 1. The lowest BCUT2D eigenvalue weighted by atomic mass is 10.1. The van der Waals surface area contributed by atoms with Crippen molar-refractivity contribution in [2.24, 2.45) is 0 Å². The highest BCUT2D eigenvalue weighted by Gasteiger charge is 2.41. The lowest BCUT2D eigenvalue weighted by Gasteiger charge is -2.24. The second-order valence-corrected chi connectivity index (χ2v) is 10.9. The van der Waals surface area contributed by atoms with Crippen LogP contribution in [-0.2, 0) is 21.1 Å². The fraction of sp³-hybridized carbons (Fsp3) is 0.588. The number of likely N-dealkylation sites (tertiary alicyclic amines) is 1. The Hall–Kier alpha value is -0.780. The molecule has 134 valence electrons. The van der Waals surface area contributed by atoms with Crippen molar-refractivity contribution in [1.82, 2.24) is 4.90 Å². The Bertz CT molecular complexity index is 706. The Kier molecular flexibility index (Phi) is 5.88. The number of sulfone groups is 1. The zero-order valence-corrected chi connectivity index (χ0v) is 16.5. The van der Waals surface area contributed by atoms with Gasteiger partial charge in [0.1, 0.15) is 0 Å². The second-order valence-electron chi connectivity index (χ2n) is 7.11. The van der Waals surface area contributed by atoms with Gasteiger partial charge in [0, 0.05) is 29.6 Å². The molecule has 0 N–H and O–H groups in total.